The number of ether oxygens (including phenoxy) is 2. The fourth-order valence-electron chi connectivity index (χ4n) is 1.10. The maximum Gasteiger partial charge on any atom is 0.455 e. The summed E-state index contributed by atoms with van der Waals surface area (Å²) in [7, 11) is 2.28. The standard InChI is InChI=1S/C9H8F3NO3/c1-15-5-3-13-4-6(16-2)7(5)8(14)9(10,11)12/h3-4H,1-2H3. The van der Waals surface area contributed by atoms with Gasteiger partial charge in [0.25, 0.3) is 5.78 Å². The molecule has 0 N–H and O–H groups in total. The van der Waals surface area contributed by atoms with Gasteiger partial charge in [-0.3, -0.25) is 9.78 Å². The van der Waals surface area contributed by atoms with Crippen molar-refractivity contribution < 1.29 is 27.4 Å². The number of rotatable bonds is 3. The van der Waals surface area contributed by atoms with Gasteiger partial charge in [-0.2, -0.15) is 13.2 Å². The molecule has 7 heteroatoms. The second-order valence-electron chi connectivity index (χ2n) is 2.75. The van der Waals surface area contributed by atoms with E-state index in [4.69, 9.17) is 0 Å². The second-order valence-corrected chi connectivity index (χ2v) is 2.75. The van der Waals surface area contributed by atoms with Crippen LogP contribution in [-0.4, -0.2) is 31.2 Å². The van der Waals surface area contributed by atoms with Crippen molar-refractivity contribution in [2.24, 2.45) is 0 Å². The number of pyridine rings is 1. The highest BCUT2D eigenvalue weighted by atomic mass is 19.4. The summed E-state index contributed by atoms with van der Waals surface area (Å²) in [6, 6.07) is 0. The molecule has 0 fully saturated rings. The normalized spacial score (nSPS) is 11.1. The van der Waals surface area contributed by atoms with Gasteiger partial charge in [-0.15, -0.1) is 0 Å². The van der Waals surface area contributed by atoms with E-state index in [0.29, 0.717) is 0 Å². The number of methoxy groups -OCH3 is 2. The minimum Gasteiger partial charge on any atom is -0.494 e. The van der Waals surface area contributed by atoms with Crippen LogP contribution in [0.1, 0.15) is 10.4 Å². The zero-order valence-electron chi connectivity index (χ0n) is 8.46. The van der Waals surface area contributed by atoms with Gasteiger partial charge < -0.3 is 9.47 Å². The molecule has 1 rings (SSSR count). The van der Waals surface area contributed by atoms with Crippen molar-refractivity contribution in [1.29, 1.82) is 0 Å². The number of carbonyl (C=O) groups is 1. The van der Waals surface area contributed by atoms with Gasteiger partial charge in [-0.25, -0.2) is 0 Å². The molecule has 0 spiro atoms. The SMILES string of the molecule is COc1cncc(OC)c1C(=O)C(F)(F)F. The lowest BCUT2D eigenvalue weighted by Gasteiger charge is -2.12. The van der Waals surface area contributed by atoms with Crippen LogP contribution in [0.15, 0.2) is 12.4 Å². The van der Waals surface area contributed by atoms with Crippen molar-refractivity contribution in [3.8, 4) is 11.5 Å². The van der Waals surface area contributed by atoms with Gasteiger partial charge in [0.1, 0.15) is 5.56 Å². The van der Waals surface area contributed by atoms with E-state index in [1.165, 1.54) is 0 Å². The molecule has 0 aliphatic rings. The van der Waals surface area contributed by atoms with Gasteiger partial charge in [-0.05, 0) is 0 Å². The summed E-state index contributed by atoms with van der Waals surface area (Å²) in [6.45, 7) is 0. The summed E-state index contributed by atoms with van der Waals surface area (Å²) in [5.41, 5.74) is -0.674. The Hall–Kier alpha value is -1.79. The Morgan fingerprint density at radius 3 is 1.94 bits per heavy atom. The van der Waals surface area contributed by atoms with E-state index in [1.807, 2.05) is 0 Å². The molecule has 0 saturated heterocycles. The number of carbonyl (C=O) groups excluding carboxylic acids is 1. The molecule has 0 amide bonds. The second kappa shape index (κ2) is 4.38. The van der Waals surface area contributed by atoms with Crippen LogP contribution in [-0.2, 0) is 0 Å². The molecule has 0 radical (unpaired) electrons. The van der Waals surface area contributed by atoms with Crippen molar-refractivity contribution >= 4 is 5.78 Å². The Balaban J connectivity index is 3.34. The average molecular weight is 235 g/mol. The van der Waals surface area contributed by atoms with Crippen LogP contribution >= 0.6 is 0 Å². The van der Waals surface area contributed by atoms with E-state index in [9.17, 15) is 18.0 Å². The summed E-state index contributed by atoms with van der Waals surface area (Å²) in [5, 5.41) is 0. The van der Waals surface area contributed by atoms with Crippen LogP contribution in [0.4, 0.5) is 13.2 Å². The molecule has 1 aromatic rings. The van der Waals surface area contributed by atoms with E-state index in [2.05, 4.69) is 14.5 Å². The first-order valence-corrected chi connectivity index (χ1v) is 4.09. The molecule has 0 unspecified atom stereocenters. The highest BCUT2D eigenvalue weighted by molar-refractivity contribution is 6.04. The molecule has 0 bridgehead atoms. The number of aromatic nitrogens is 1. The van der Waals surface area contributed by atoms with Crippen molar-refractivity contribution in [2.45, 2.75) is 6.18 Å². The number of Topliss-reactive ketones (excluding diaryl/α,β-unsaturated/α-hetero) is 1. The maximum absolute atomic E-state index is 12.3. The summed E-state index contributed by atoms with van der Waals surface area (Å²) >= 11 is 0. The molecule has 1 heterocycles. The summed E-state index contributed by atoms with van der Waals surface area (Å²) in [5.74, 6) is -2.58. The minimum atomic E-state index is -4.98. The van der Waals surface area contributed by atoms with Gasteiger partial charge in [0.15, 0.2) is 11.5 Å². The summed E-state index contributed by atoms with van der Waals surface area (Å²) in [4.78, 5) is 14.7. The lowest BCUT2D eigenvalue weighted by molar-refractivity contribution is -0.0887. The first-order valence-electron chi connectivity index (χ1n) is 4.09. The molecule has 0 aromatic carbocycles. The molecule has 4 nitrogen and oxygen atoms in total. The lowest BCUT2D eigenvalue weighted by Crippen LogP contribution is -2.24. The van der Waals surface area contributed by atoms with E-state index in [0.717, 1.165) is 26.6 Å². The Morgan fingerprint density at radius 2 is 1.62 bits per heavy atom. The fourth-order valence-corrected chi connectivity index (χ4v) is 1.10. The van der Waals surface area contributed by atoms with Crippen molar-refractivity contribution in [3.63, 3.8) is 0 Å². The van der Waals surface area contributed by atoms with Gasteiger partial charge in [0.2, 0.25) is 0 Å². The number of halogens is 3. The highest BCUT2D eigenvalue weighted by Gasteiger charge is 2.42. The quantitative estimate of drug-likeness (QED) is 0.750. The number of hydrogen-bond donors (Lipinski definition) is 0. The molecular formula is C9H8F3NO3. The van der Waals surface area contributed by atoms with Crippen LogP contribution < -0.4 is 9.47 Å². The largest absolute Gasteiger partial charge is 0.494 e. The van der Waals surface area contributed by atoms with Crippen molar-refractivity contribution in [2.75, 3.05) is 14.2 Å². The molecule has 0 aliphatic heterocycles. The predicted octanol–water partition coefficient (Wildman–Crippen LogP) is 1.84. The van der Waals surface area contributed by atoms with Crippen molar-refractivity contribution in [1.82, 2.24) is 4.98 Å². The Labute approximate surface area is 89.0 Å². The van der Waals surface area contributed by atoms with E-state index in [1.54, 1.807) is 0 Å². The van der Waals surface area contributed by atoms with Crippen LogP contribution in [0.3, 0.4) is 0 Å². The van der Waals surface area contributed by atoms with Crippen LogP contribution in [0.5, 0.6) is 11.5 Å². The van der Waals surface area contributed by atoms with Crippen molar-refractivity contribution in [3.05, 3.63) is 18.0 Å². The van der Waals surface area contributed by atoms with Gasteiger partial charge >= 0.3 is 6.18 Å². The number of nitrogens with zero attached hydrogens (tertiary/aromatic N) is 1. The van der Waals surface area contributed by atoms with Gasteiger partial charge in [-0.1, -0.05) is 0 Å². The van der Waals surface area contributed by atoms with Gasteiger partial charge in [0, 0.05) is 0 Å². The predicted molar refractivity (Wildman–Crippen MR) is 47.7 cm³/mol. The Morgan fingerprint density at radius 1 is 1.19 bits per heavy atom. The Bertz CT molecular complexity index is 381. The monoisotopic (exact) mass is 235 g/mol. The van der Waals surface area contributed by atoms with Crippen LogP contribution in [0.2, 0.25) is 0 Å². The summed E-state index contributed by atoms with van der Waals surface area (Å²) in [6.07, 6.45) is -2.95. The lowest BCUT2D eigenvalue weighted by atomic mass is 10.1. The first-order chi connectivity index (χ1) is 7.41. The topological polar surface area (TPSA) is 48.4 Å². The molecule has 0 atom stereocenters. The minimum absolute atomic E-state index is 0.276. The molecular weight excluding hydrogens is 227 g/mol. The van der Waals surface area contributed by atoms with E-state index < -0.39 is 17.5 Å². The first kappa shape index (κ1) is 12.3. The van der Waals surface area contributed by atoms with Gasteiger partial charge in [0.05, 0.1) is 26.6 Å². The molecule has 88 valence electrons. The molecule has 16 heavy (non-hydrogen) atoms. The fraction of sp³-hybridized carbons (Fsp3) is 0.333. The highest BCUT2D eigenvalue weighted by Crippen LogP contribution is 2.33. The zero-order chi connectivity index (χ0) is 12.3. The third-order valence-corrected chi connectivity index (χ3v) is 1.80. The molecule has 0 saturated carbocycles. The maximum atomic E-state index is 12.3. The average Bonchev–Trinajstić information content (AvgIpc) is 2.25. The molecule has 0 aliphatic carbocycles. The number of ketones is 1. The van der Waals surface area contributed by atoms with E-state index >= 15 is 0 Å². The Kier molecular flexibility index (Phi) is 3.36. The zero-order valence-corrected chi connectivity index (χ0v) is 8.46. The molecule has 1 aromatic heterocycles. The third-order valence-electron chi connectivity index (χ3n) is 1.80. The smallest absolute Gasteiger partial charge is 0.455 e. The number of hydrogen-bond acceptors (Lipinski definition) is 4. The summed E-state index contributed by atoms with van der Waals surface area (Å²) < 4.78 is 46.1. The van der Waals surface area contributed by atoms with E-state index in [-0.39, 0.29) is 11.5 Å². The van der Waals surface area contributed by atoms with Crippen LogP contribution in [0.25, 0.3) is 0 Å². The number of alkyl halides is 3. The third kappa shape index (κ3) is 2.23. The van der Waals surface area contributed by atoms with Crippen LogP contribution in [0, 0.1) is 0 Å².